The third-order valence-corrected chi connectivity index (χ3v) is 8.30. The molecule has 0 aromatic carbocycles. The topological polar surface area (TPSA) is 160 Å². The van der Waals surface area contributed by atoms with Crippen LogP contribution >= 0.6 is 0 Å². The molecule has 1 saturated carbocycles. The van der Waals surface area contributed by atoms with Crippen molar-refractivity contribution in [2.45, 2.75) is 111 Å². The molecule has 3 rings (SSSR count). The molecule has 2 aliphatic heterocycles. The number of hydrogen-bond acceptors (Lipinski definition) is 6. The van der Waals surface area contributed by atoms with Crippen LogP contribution in [0, 0.1) is 28.6 Å². The zero-order valence-corrected chi connectivity index (χ0v) is 25.1. The Balaban J connectivity index is 1.82. The van der Waals surface area contributed by atoms with Gasteiger partial charge in [0.15, 0.2) is 0 Å². The molecule has 11 nitrogen and oxygen atoms in total. The maximum absolute atomic E-state index is 13.9. The second kappa shape index (κ2) is 9.96. The number of ether oxygens (including phenoxy) is 1. The Morgan fingerprint density at radius 2 is 1.67 bits per heavy atom. The number of nitrogens with zero attached hydrogens (tertiary/aromatic N) is 1. The lowest BCUT2D eigenvalue weighted by molar-refractivity contribution is -0.144. The molecule has 3 fully saturated rings. The summed E-state index contributed by atoms with van der Waals surface area (Å²) in [5.74, 6) is -2.24. The molecule has 0 spiro atoms. The van der Waals surface area contributed by atoms with Crippen molar-refractivity contribution in [2.75, 3.05) is 6.54 Å². The van der Waals surface area contributed by atoms with Crippen LogP contribution in [0.2, 0.25) is 0 Å². The second-order valence-corrected chi connectivity index (χ2v) is 14.8. The van der Waals surface area contributed by atoms with Crippen LogP contribution in [0.5, 0.6) is 0 Å². The van der Waals surface area contributed by atoms with Crippen molar-refractivity contribution in [1.29, 1.82) is 0 Å². The van der Waals surface area contributed by atoms with Crippen LogP contribution < -0.4 is 21.7 Å². The molecular formula is C28H47N5O6. The fourth-order valence-electron chi connectivity index (χ4n) is 6.23. The maximum atomic E-state index is 13.9. The highest BCUT2D eigenvalue weighted by Crippen LogP contribution is 2.65. The summed E-state index contributed by atoms with van der Waals surface area (Å²) in [6.45, 7) is 19.0. The fraction of sp³-hybridized carbons (Fsp3) is 0.821. The van der Waals surface area contributed by atoms with Crippen molar-refractivity contribution in [2.24, 2.45) is 34.3 Å². The van der Waals surface area contributed by atoms with E-state index in [1.54, 1.807) is 20.8 Å². The van der Waals surface area contributed by atoms with Gasteiger partial charge in [-0.3, -0.25) is 19.2 Å². The monoisotopic (exact) mass is 549 g/mol. The van der Waals surface area contributed by atoms with Gasteiger partial charge in [-0.2, -0.15) is 0 Å². The Labute approximate surface area is 231 Å². The lowest BCUT2D eigenvalue weighted by Crippen LogP contribution is -2.60. The fourth-order valence-corrected chi connectivity index (χ4v) is 6.23. The summed E-state index contributed by atoms with van der Waals surface area (Å²) in [7, 11) is 0. The van der Waals surface area contributed by atoms with Crippen LogP contribution in [0.4, 0.5) is 4.79 Å². The Morgan fingerprint density at radius 3 is 2.13 bits per heavy atom. The van der Waals surface area contributed by atoms with E-state index in [-0.39, 0.29) is 35.5 Å². The molecule has 0 aromatic rings. The third kappa shape index (κ3) is 6.66. The van der Waals surface area contributed by atoms with Crippen molar-refractivity contribution < 1.29 is 28.7 Å². The number of amides is 5. The van der Waals surface area contributed by atoms with Gasteiger partial charge in [-0.1, -0.05) is 34.6 Å². The molecule has 3 aliphatic rings. The van der Waals surface area contributed by atoms with E-state index < -0.39 is 58.5 Å². The maximum Gasteiger partial charge on any atom is 0.408 e. The zero-order chi connectivity index (χ0) is 29.9. The minimum Gasteiger partial charge on any atom is -0.444 e. The van der Waals surface area contributed by atoms with Gasteiger partial charge in [0.25, 0.3) is 0 Å². The molecule has 5 N–H and O–H groups in total. The average molecular weight is 550 g/mol. The van der Waals surface area contributed by atoms with E-state index >= 15 is 0 Å². The highest BCUT2D eigenvalue weighted by Gasteiger charge is 2.70. The van der Waals surface area contributed by atoms with E-state index in [2.05, 4.69) is 29.8 Å². The number of carbonyl (C=O) groups is 5. The predicted molar refractivity (Wildman–Crippen MR) is 145 cm³/mol. The van der Waals surface area contributed by atoms with Crippen LogP contribution in [-0.2, 0) is 23.9 Å². The molecule has 5 amide bonds. The Morgan fingerprint density at radius 1 is 1.08 bits per heavy atom. The van der Waals surface area contributed by atoms with E-state index in [4.69, 9.17) is 10.5 Å². The highest BCUT2D eigenvalue weighted by molar-refractivity contribution is 5.95. The summed E-state index contributed by atoms with van der Waals surface area (Å²) >= 11 is 0. The molecular weight excluding hydrogens is 502 g/mol. The van der Waals surface area contributed by atoms with Gasteiger partial charge >= 0.3 is 6.09 Å². The van der Waals surface area contributed by atoms with Crippen molar-refractivity contribution in [3.63, 3.8) is 0 Å². The lowest BCUT2D eigenvalue weighted by atomic mass is 9.85. The summed E-state index contributed by atoms with van der Waals surface area (Å²) in [5.41, 5.74) is 3.67. The second-order valence-electron chi connectivity index (χ2n) is 14.8. The normalized spacial score (nSPS) is 28.6. The first-order valence-electron chi connectivity index (χ1n) is 13.8. The number of nitrogens with two attached hydrogens (primary N) is 1. The smallest absolute Gasteiger partial charge is 0.408 e. The van der Waals surface area contributed by atoms with Crippen molar-refractivity contribution in [3.8, 4) is 0 Å². The number of likely N-dealkylation sites (tertiary alicyclic amines) is 1. The Bertz CT molecular complexity index is 1040. The van der Waals surface area contributed by atoms with Gasteiger partial charge < -0.3 is 31.3 Å². The van der Waals surface area contributed by atoms with Crippen LogP contribution in [0.15, 0.2) is 0 Å². The Hall–Kier alpha value is -2.85. The van der Waals surface area contributed by atoms with Gasteiger partial charge in [-0.15, -0.1) is 0 Å². The van der Waals surface area contributed by atoms with Gasteiger partial charge in [0.1, 0.15) is 23.7 Å². The van der Waals surface area contributed by atoms with Crippen LogP contribution in [0.25, 0.3) is 0 Å². The van der Waals surface area contributed by atoms with E-state index in [0.717, 1.165) is 0 Å². The summed E-state index contributed by atoms with van der Waals surface area (Å²) in [6.07, 6.45) is -0.117. The molecule has 0 aromatic heterocycles. The van der Waals surface area contributed by atoms with Crippen molar-refractivity contribution >= 4 is 29.7 Å². The minimum atomic E-state index is -1.06. The van der Waals surface area contributed by atoms with Crippen LogP contribution in [0.3, 0.4) is 0 Å². The number of nitrogens with one attached hydrogen (secondary N) is 3. The molecule has 2 saturated heterocycles. The van der Waals surface area contributed by atoms with Gasteiger partial charge in [-0.05, 0) is 70.1 Å². The average Bonchev–Trinajstić information content (AvgIpc) is 3.02. The first kappa shape index (κ1) is 30.7. The SMILES string of the molecule is CC1(C)C[C@@H](CC(NC(=O)[C@@H]2[C@@H]3[C@H](CN2C(=O)C(NC(=O)OC(C)(C)C)C(C)(C)C)C3(C)C)C(N)=O)C(=O)N1. The zero-order valence-electron chi connectivity index (χ0n) is 25.1. The van der Waals surface area contributed by atoms with E-state index in [9.17, 15) is 24.0 Å². The Kier molecular flexibility index (Phi) is 7.84. The minimum absolute atomic E-state index is 0.0826. The molecule has 0 bridgehead atoms. The molecule has 39 heavy (non-hydrogen) atoms. The van der Waals surface area contributed by atoms with E-state index in [1.165, 1.54) is 4.90 Å². The van der Waals surface area contributed by atoms with E-state index in [0.29, 0.717) is 13.0 Å². The van der Waals surface area contributed by atoms with Crippen LogP contribution in [-0.4, -0.2) is 70.4 Å². The standard InChI is InChI=1S/C28H47N5O6/c1-25(2,3)19(31-24(38)39-26(4,5)6)23(37)33-13-15-17(28(15,9)10)18(33)22(36)30-16(20(29)34)11-14-12-27(7,8)32-21(14)35/h14-19H,11-13H2,1-10H3,(H2,29,34)(H,30,36)(H,31,38)(H,32,35)/t14-,15+,16?,17+,18+,19?/m1/s1. The van der Waals surface area contributed by atoms with Gasteiger partial charge in [0, 0.05) is 18.0 Å². The molecule has 220 valence electrons. The summed E-state index contributed by atoms with van der Waals surface area (Å²) in [4.78, 5) is 66.6. The number of rotatable bonds is 7. The number of carbonyl (C=O) groups excluding carboxylic acids is 5. The summed E-state index contributed by atoms with van der Waals surface area (Å²) in [6, 6.07) is -2.84. The van der Waals surface area contributed by atoms with E-state index in [1.807, 2.05) is 34.6 Å². The molecule has 2 heterocycles. The van der Waals surface area contributed by atoms with Crippen molar-refractivity contribution in [1.82, 2.24) is 20.9 Å². The summed E-state index contributed by atoms with van der Waals surface area (Å²) < 4.78 is 5.39. The number of piperidine rings is 1. The highest BCUT2D eigenvalue weighted by atomic mass is 16.6. The first-order chi connectivity index (χ1) is 17.5. The molecule has 6 atom stereocenters. The molecule has 2 unspecified atom stereocenters. The van der Waals surface area contributed by atoms with Crippen molar-refractivity contribution in [3.05, 3.63) is 0 Å². The van der Waals surface area contributed by atoms with Gasteiger partial charge in [0.05, 0.1) is 0 Å². The predicted octanol–water partition coefficient (Wildman–Crippen LogP) is 1.68. The first-order valence-corrected chi connectivity index (χ1v) is 13.8. The number of primary amides is 1. The largest absolute Gasteiger partial charge is 0.444 e. The third-order valence-electron chi connectivity index (χ3n) is 8.30. The number of alkyl carbamates (subject to hydrolysis) is 1. The molecule has 11 heteroatoms. The lowest BCUT2D eigenvalue weighted by Gasteiger charge is -2.38. The van der Waals surface area contributed by atoms with Crippen LogP contribution in [0.1, 0.15) is 82.1 Å². The number of hydrogen-bond donors (Lipinski definition) is 4. The van der Waals surface area contributed by atoms with Gasteiger partial charge in [-0.25, -0.2) is 4.79 Å². The number of fused-ring (bicyclic) bond motifs is 1. The molecule has 0 radical (unpaired) electrons. The quantitative estimate of drug-likeness (QED) is 0.378. The summed E-state index contributed by atoms with van der Waals surface area (Å²) in [5, 5.41) is 8.38. The molecule has 1 aliphatic carbocycles. The van der Waals surface area contributed by atoms with Gasteiger partial charge in [0.2, 0.25) is 23.6 Å².